The van der Waals surface area contributed by atoms with Gasteiger partial charge in [0.1, 0.15) is 17.4 Å². The maximum absolute atomic E-state index is 12.1. The lowest BCUT2D eigenvalue weighted by molar-refractivity contribution is -0.123. The second kappa shape index (κ2) is 5.77. The molecule has 2 heterocycles. The Kier molecular flexibility index (Phi) is 3.81. The number of halogens is 1. The molecular weight excluding hydrogens is 300 g/mol. The number of nitrogens with zero attached hydrogens (tertiary/aromatic N) is 3. The van der Waals surface area contributed by atoms with E-state index in [2.05, 4.69) is 15.3 Å². The first kappa shape index (κ1) is 14.5. The third-order valence-electron chi connectivity index (χ3n) is 3.56. The summed E-state index contributed by atoms with van der Waals surface area (Å²) in [7, 11) is 1.62. The summed E-state index contributed by atoms with van der Waals surface area (Å²) in [6.45, 7) is 1.83. The normalized spacial score (nSPS) is 12.3. The molecule has 0 aliphatic heterocycles. The summed E-state index contributed by atoms with van der Waals surface area (Å²) in [6, 6.07) is 10.7. The van der Waals surface area contributed by atoms with Crippen molar-refractivity contribution in [3.05, 3.63) is 47.6 Å². The van der Waals surface area contributed by atoms with Gasteiger partial charge in [0, 0.05) is 23.8 Å². The molecule has 5 nitrogen and oxygen atoms in total. The predicted molar refractivity (Wildman–Crippen MR) is 86.8 cm³/mol. The molecule has 6 heteroatoms. The van der Waals surface area contributed by atoms with Gasteiger partial charge in [0.05, 0.1) is 0 Å². The maximum atomic E-state index is 12.1. The Bertz CT molecular complexity index is 826. The lowest BCUT2D eigenvalue weighted by Gasteiger charge is -2.15. The van der Waals surface area contributed by atoms with Gasteiger partial charge in [-0.25, -0.2) is 9.97 Å². The number of hydrogen-bond donors (Lipinski definition) is 1. The number of carbonyl (C=O) groups is 1. The van der Waals surface area contributed by atoms with E-state index in [9.17, 15) is 4.79 Å². The third-order valence-corrected chi connectivity index (χ3v) is 3.82. The van der Waals surface area contributed by atoms with Crippen LogP contribution in [0.5, 0.6) is 0 Å². The fourth-order valence-electron chi connectivity index (χ4n) is 2.43. The Morgan fingerprint density at radius 2 is 2.00 bits per heavy atom. The molecule has 0 aliphatic carbocycles. The average Bonchev–Trinajstić information content (AvgIpc) is 2.93. The van der Waals surface area contributed by atoms with Crippen LogP contribution in [0.1, 0.15) is 13.0 Å². The number of rotatable bonds is 3. The van der Waals surface area contributed by atoms with Gasteiger partial charge in [-0.2, -0.15) is 0 Å². The molecule has 3 rings (SSSR count). The maximum Gasteiger partial charge on any atom is 0.242 e. The Morgan fingerprint density at radius 3 is 2.68 bits per heavy atom. The van der Waals surface area contributed by atoms with Crippen LogP contribution in [0.25, 0.3) is 22.6 Å². The highest BCUT2D eigenvalue weighted by Crippen LogP contribution is 2.28. The van der Waals surface area contributed by atoms with Crippen molar-refractivity contribution in [2.45, 2.75) is 13.0 Å². The number of pyridine rings is 1. The molecule has 112 valence electrons. The molecule has 2 aromatic heterocycles. The summed E-state index contributed by atoms with van der Waals surface area (Å²) < 4.78 is 1.84. The first-order valence-corrected chi connectivity index (χ1v) is 7.30. The Morgan fingerprint density at radius 1 is 1.27 bits per heavy atom. The quantitative estimate of drug-likeness (QED) is 0.808. The molecule has 0 saturated carbocycles. The number of fused-ring (bicyclic) bond motifs is 1. The van der Waals surface area contributed by atoms with Crippen LogP contribution in [0.15, 0.2) is 42.6 Å². The molecule has 22 heavy (non-hydrogen) atoms. The number of hydrogen-bond acceptors (Lipinski definition) is 3. The molecule has 1 amide bonds. The van der Waals surface area contributed by atoms with Crippen molar-refractivity contribution in [3.8, 4) is 11.4 Å². The molecule has 0 saturated heterocycles. The summed E-state index contributed by atoms with van der Waals surface area (Å²) in [5.74, 6) is 0.599. The summed E-state index contributed by atoms with van der Waals surface area (Å²) >= 11 is 5.95. The van der Waals surface area contributed by atoms with Gasteiger partial charge < -0.3 is 5.32 Å². The third kappa shape index (κ3) is 2.44. The lowest BCUT2D eigenvalue weighted by Crippen LogP contribution is -2.28. The standard InChI is InChI=1S/C16H15ClN4O/c1-10(16(22)18-2)21-14(11-5-7-12(17)8-6-11)20-13-4-3-9-19-15(13)21/h3-10H,1-2H3,(H,18,22)/t10-/m0/s1. The molecular formula is C16H15ClN4O. The van der Waals surface area contributed by atoms with Crippen molar-refractivity contribution in [2.75, 3.05) is 7.05 Å². The molecule has 0 bridgehead atoms. The van der Waals surface area contributed by atoms with Crippen LogP contribution in [0.3, 0.4) is 0 Å². The fourth-order valence-corrected chi connectivity index (χ4v) is 2.55. The fraction of sp³-hybridized carbons (Fsp3) is 0.188. The molecule has 1 atom stereocenters. The molecule has 0 fully saturated rings. The van der Waals surface area contributed by atoms with Gasteiger partial charge in [-0.15, -0.1) is 0 Å². The van der Waals surface area contributed by atoms with E-state index >= 15 is 0 Å². The highest BCUT2D eigenvalue weighted by atomic mass is 35.5. The molecule has 1 N–H and O–H groups in total. The van der Waals surface area contributed by atoms with Crippen LogP contribution in [0.4, 0.5) is 0 Å². The van der Waals surface area contributed by atoms with Crippen molar-refractivity contribution < 1.29 is 4.79 Å². The van der Waals surface area contributed by atoms with Crippen LogP contribution in [-0.2, 0) is 4.79 Å². The summed E-state index contributed by atoms with van der Waals surface area (Å²) in [5.41, 5.74) is 2.32. The number of benzene rings is 1. The number of aromatic nitrogens is 3. The first-order valence-electron chi connectivity index (χ1n) is 6.92. The van der Waals surface area contributed by atoms with Gasteiger partial charge in [-0.3, -0.25) is 9.36 Å². The van der Waals surface area contributed by atoms with Gasteiger partial charge in [-0.1, -0.05) is 11.6 Å². The topological polar surface area (TPSA) is 59.8 Å². The number of carbonyl (C=O) groups excluding carboxylic acids is 1. The summed E-state index contributed by atoms with van der Waals surface area (Å²) in [6.07, 6.45) is 1.70. The summed E-state index contributed by atoms with van der Waals surface area (Å²) in [5, 5.41) is 3.33. The van der Waals surface area contributed by atoms with Crippen LogP contribution < -0.4 is 5.32 Å². The van der Waals surface area contributed by atoms with Crippen LogP contribution in [-0.4, -0.2) is 27.5 Å². The predicted octanol–water partition coefficient (Wildman–Crippen LogP) is 3.06. The van der Waals surface area contributed by atoms with Crippen molar-refractivity contribution in [3.63, 3.8) is 0 Å². The highest BCUT2D eigenvalue weighted by Gasteiger charge is 2.22. The second-order valence-corrected chi connectivity index (χ2v) is 5.39. The smallest absolute Gasteiger partial charge is 0.242 e. The van der Waals surface area contributed by atoms with Crippen LogP contribution >= 0.6 is 11.6 Å². The zero-order valence-corrected chi connectivity index (χ0v) is 13.0. The zero-order valence-electron chi connectivity index (χ0n) is 12.2. The van der Waals surface area contributed by atoms with Crippen molar-refractivity contribution in [1.29, 1.82) is 0 Å². The summed E-state index contributed by atoms with van der Waals surface area (Å²) in [4.78, 5) is 21.1. The monoisotopic (exact) mass is 314 g/mol. The first-order chi connectivity index (χ1) is 10.6. The molecule has 0 spiro atoms. The number of imidazole rings is 1. The zero-order chi connectivity index (χ0) is 15.7. The number of amides is 1. The van der Waals surface area contributed by atoms with Crippen LogP contribution in [0, 0.1) is 0 Å². The Hall–Kier alpha value is -2.40. The van der Waals surface area contributed by atoms with Crippen molar-refractivity contribution in [2.24, 2.45) is 0 Å². The van der Waals surface area contributed by atoms with Gasteiger partial charge >= 0.3 is 0 Å². The van der Waals surface area contributed by atoms with Gasteiger partial charge in [0.2, 0.25) is 5.91 Å². The SMILES string of the molecule is CNC(=O)[C@H](C)n1c(-c2ccc(Cl)cc2)nc2cccnc21. The van der Waals surface area contributed by atoms with Crippen molar-refractivity contribution in [1.82, 2.24) is 19.9 Å². The van der Waals surface area contributed by atoms with Crippen LogP contribution in [0.2, 0.25) is 5.02 Å². The minimum atomic E-state index is -0.421. The minimum absolute atomic E-state index is 0.0971. The molecule has 1 aromatic carbocycles. The van der Waals surface area contributed by atoms with E-state index in [0.717, 1.165) is 11.1 Å². The highest BCUT2D eigenvalue weighted by molar-refractivity contribution is 6.30. The molecule has 0 radical (unpaired) electrons. The van der Waals surface area contributed by atoms with E-state index in [1.54, 1.807) is 25.4 Å². The van der Waals surface area contributed by atoms with Crippen molar-refractivity contribution >= 4 is 28.7 Å². The van der Waals surface area contributed by atoms with E-state index in [4.69, 9.17) is 11.6 Å². The molecule has 0 unspecified atom stereocenters. The Balaban J connectivity index is 2.24. The number of nitrogens with one attached hydrogen (secondary N) is 1. The van der Waals surface area contributed by atoms with Gasteiger partial charge in [0.25, 0.3) is 0 Å². The number of likely N-dealkylation sites (N-methyl/N-ethyl adjacent to an activating group) is 1. The van der Waals surface area contributed by atoms with Gasteiger partial charge in [0.15, 0.2) is 5.65 Å². The molecule has 0 aliphatic rings. The minimum Gasteiger partial charge on any atom is -0.357 e. The van der Waals surface area contributed by atoms with E-state index in [1.807, 2.05) is 35.8 Å². The van der Waals surface area contributed by atoms with E-state index in [-0.39, 0.29) is 5.91 Å². The average molecular weight is 315 g/mol. The van der Waals surface area contributed by atoms with E-state index in [1.165, 1.54) is 0 Å². The second-order valence-electron chi connectivity index (χ2n) is 4.95. The van der Waals surface area contributed by atoms with E-state index in [0.29, 0.717) is 16.5 Å². The van der Waals surface area contributed by atoms with E-state index < -0.39 is 6.04 Å². The lowest BCUT2D eigenvalue weighted by atomic mass is 10.2. The Labute approximate surface area is 133 Å². The largest absolute Gasteiger partial charge is 0.357 e. The van der Waals surface area contributed by atoms with Gasteiger partial charge in [-0.05, 0) is 43.3 Å². The molecule has 3 aromatic rings.